The molecule has 3 aromatic rings. The Morgan fingerprint density at radius 2 is 1.91 bits per heavy atom. The fourth-order valence-electron chi connectivity index (χ4n) is 3.20. The molecule has 1 aromatic carbocycles. The summed E-state index contributed by atoms with van der Waals surface area (Å²) in [5.74, 6) is -0.329. The van der Waals surface area contributed by atoms with Gasteiger partial charge in [0.05, 0.1) is 18.2 Å². The van der Waals surface area contributed by atoms with Crippen LogP contribution in [0, 0.1) is 0 Å². The Morgan fingerprint density at radius 3 is 2.57 bits per heavy atom. The van der Waals surface area contributed by atoms with E-state index in [1.807, 2.05) is 0 Å². The van der Waals surface area contributed by atoms with Crippen molar-refractivity contribution in [3.63, 3.8) is 0 Å². The summed E-state index contributed by atoms with van der Waals surface area (Å²) in [5.41, 5.74) is -1.35. The van der Waals surface area contributed by atoms with Crippen molar-refractivity contribution in [2.24, 2.45) is 0 Å². The lowest BCUT2D eigenvalue weighted by Crippen LogP contribution is -2.41. The fraction of sp³-hybridized carbons (Fsp3) is 0.333. The first-order valence-corrected chi connectivity index (χ1v) is 10.8. The van der Waals surface area contributed by atoms with Crippen LogP contribution < -0.4 is 5.32 Å². The third-order valence-electron chi connectivity index (χ3n) is 4.79. The maximum Gasteiger partial charge on any atom is 0.416 e. The van der Waals surface area contributed by atoms with Crippen LogP contribution in [0.15, 0.2) is 43.0 Å². The molecule has 2 heterocycles. The maximum atomic E-state index is 13.4. The zero-order chi connectivity index (χ0) is 25.6. The van der Waals surface area contributed by atoms with Crippen molar-refractivity contribution >= 4 is 23.6 Å². The molecule has 0 spiro atoms. The molecule has 0 fully saturated rings. The van der Waals surface area contributed by atoms with Crippen LogP contribution in [-0.2, 0) is 10.9 Å². The number of alkyl halides is 3. The summed E-state index contributed by atoms with van der Waals surface area (Å²) < 4.78 is 46.1. The predicted molar refractivity (Wildman–Crippen MR) is 118 cm³/mol. The van der Waals surface area contributed by atoms with E-state index in [1.165, 1.54) is 28.3 Å². The molecular formula is C21H21ClF3N7O3. The van der Waals surface area contributed by atoms with Crippen molar-refractivity contribution in [2.75, 3.05) is 19.7 Å². The SMILES string of the molecule is CCOC(=O)NCCN(C(=O)c1cc(Cl)cc(C(F)(F)F)c1)C(C)c1ncnn1-c1ncccn1. The van der Waals surface area contributed by atoms with Crippen LogP contribution in [0.4, 0.5) is 18.0 Å². The number of amides is 2. The molecule has 0 saturated heterocycles. The van der Waals surface area contributed by atoms with Gasteiger partial charge in [0.2, 0.25) is 0 Å². The molecule has 0 aliphatic heterocycles. The number of benzene rings is 1. The highest BCUT2D eigenvalue weighted by molar-refractivity contribution is 6.31. The number of ether oxygens (including phenoxy) is 1. The number of hydrogen-bond donors (Lipinski definition) is 1. The van der Waals surface area contributed by atoms with Gasteiger partial charge in [-0.2, -0.15) is 23.0 Å². The number of carbonyl (C=O) groups is 2. The highest BCUT2D eigenvalue weighted by Gasteiger charge is 2.33. The van der Waals surface area contributed by atoms with E-state index in [-0.39, 0.29) is 42.1 Å². The minimum Gasteiger partial charge on any atom is -0.450 e. The number of rotatable bonds is 8. The molecule has 14 heteroatoms. The molecule has 2 aromatic heterocycles. The second-order valence-corrected chi connectivity index (χ2v) is 7.56. The molecule has 10 nitrogen and oxygen atoms in total. The molecular weight excluding hydrogens is 491 g/mol. The van der Waals surface area contributed by atoms with Gasteiger partial charge < -0.3 is 15.0 Å². The van der Waals surface area contributed by atoms with Crippen molar-refractivity contribution in [1.29, 1.82) is 0 Å². The first-order chi connectivity index (χ1) is 16.6. The third kappa shape index (κ3) is 6.44. The zero-order valence-corrected chi connectivity index (χ0v) is 19.4. The molecule has 186 valence electrons. The Kier molecular flexibility index (Phi) is 8.22. The van der Waals surface area contributed by atoms with E-state index in [2.05, 4.69) is 25.4 Å². The molecule has 3 rings (SSSR count). The summed E-state index contributed by atoms with van der Waals surface area (Å²) in [7, 11) is 0. The lowest BCUT2D eigenvalue weighted by Gasteiger charge is -2.29. The highest BCUT2D eigenvalue weighted by atomic mass is 35.5. The maximum absolute atomic E-state index is 13.4. The van der Waals surface area contributed by atoms with Crippen LogP contribution in [0.25, 0.3) is 5.95 Å². The Bertz CT molecular complexity index is 1170. The molecule has 0 aliphatic rings. The fourth-order valence-corrected chi connectivity index (χ4v) is 3.44. The van der Waals surface area contributed by atoms with Gasteiger partial charge in [-0.15, -0.1) is 0 Å². The van der Waals surface area contributed by atoms with Crippen LogP contribution in [0.2, 0.25) is 5.02 Å². The van der Waals surface area contributed by atoms with Crippen LogP contribution >= 0.6 is 11.6 Å². The van der Waals surface area contributed by atoms with E-state index in [0.29, 0.717) is 0 Å². The lowest BCUT2D eigenvalue weighted by atomic mass is 10.1. The minimum atomic E-state index is -4.70. The standard InChI is InChI=1S/C21H21ClF3N7O3/c1-3-35-20(34)28-7-8-31(18(33)14-9-15(21(23,24)25)11-16(22)10-14)13(2)17-29-12-30-32(17)19-26-5-4-6-27-19/h4-6,9-13H,3,7-8H2,1-2H3,(H,28,34). The van der Waals surface area contributed by atoms with Gasteiger partial charge in [0.25, 0.3) is 11.9 Å². The monoisotopic (exact) mass is 511 g/mol. The van der Waals surface area contributed by atoms with Gasteiger partial charge in [-0.05, 0) is 38.1 Å². The molecule has 1 unspecified atom stereocenters. The third-order valence-corrected chi connectivity index (χ3v) is 5.01. The molecule has 0 aliphatic carbocycles. The Labute approximate surface area is 203 Å². The molecule has 1 atom stereocenters. The van der Waals surface area contributed by atoms with Crippen LogP contribution in [-0.4, -0.2) is 61.3 Å². The van der Waals surface area contributed by atoms with Gasteiger partial charge >= 0.3 is 12.3 Å². The summed E-state index contributed by atoms with van der Waals surface area (Å²) in [6.45, 7) is 3.26. The summed E-state index contributed by atoms with van der Waals surface area (Å²) in [6.07, 6.45) is -1.17. The topological polar surface area (TPSA) is 115 Å². The van der Waals surface area contributed by atoms with Crippen molar-refractivity contribution in [3.8, 4) is 5.95 Å². The minimum absolute atomic E-state index is 0.0441. The summed E-state index contributed by atoms with van der Waals surface area (Å²) in [6, 6.07) is 3.39. The van der Waals surface area contributed by atoms with Gasteiger partial charge in [0.1, 0.15) is 6.33 Å². The summed E-state index contributed by atoms with van der Waals surface area (Å²) in [5, 5.41) is 6.33. The average Bonchev–Trinajstić information content (AvgIpc) is 3.31. The van der Waals surface area contributed by atoms with Crippen LogP contribution in [0.1, 0.15) is 41.6 Å². The number of aromatic nitrogens is 5. The summed E-state index contributed by atoms with van der Waals surface area (Å²) >= 11 is 5.88. The quantitative estimate of drug-likeness (QED) is 0.490. The van der Waals surface area contributed by atoms with Gasteiger partial charge in [0.15, 0.2) is 5.82 Å². The first-order valence-electron chi connectivity index (χ1n) is 10.4. The molecule has 2 amide bonds. The Morgan fingerprint density at radius 1 is 1.20 bits per heavy atom. The van der Waals surface area contributed by atoms with Gasteiger partial charge in [-0.3, -0.25) is 4.79 Å². The number of halogens is 4. The first kappa shape index (κ1) is 25.9. The van der Waals surface area contributed by atoms with E-state index in [4.69, 9.17) is 16.3 Å². The van der Waals surface area contributed by atoms with E-state index < -0.39 is 29.8 Å². The van der Waals surface area contributed by atoms with Crippen molar-refractivity contribution < 1.29 is 27.5 Å². The van der Waals surface area contributed by atoms with E-state index in [1.54, 1.807) is 19.9 Å². The Balaban J connectivity index is 1.96. The molecule has 0 radical (unpaired) electrons. The number of nitrogens with zero attached hydrogens (tertiary/aromatic N) is 6. The van der Waals surface area contributed by atoms with Gasteiger partial charge in [-0.25, -0.2) is 19.7 Å². The highest BCUT2D eigenvalue weighted by Crippen LogP contribution is 2.33. The van der Waals surface area contributed by atoms with Crippen LogP contribution in [0.5, 0.6) is 0 Å². The number of nitrogens with one attached hydrogen (secondary N) is 1. The predicted octanol–water partition coefficient (Wildman–Crippen LogP) is 3.68. The van der Waals surface area contributed by atoms with Gasteiger partial charge in [0, 0.05) is 36.1 Å². The summed E-state index contributed by atoms with van der Waals surface area (Å²) in [4.78, 5) is 38.8. The Hall–Kier alpha value is -3.74. The largest absolute Gasteiger partial charge is 0.450 e. The molecule has 0 bridgehead atoms. The zero-order valence-electron chi connectivity index (χ0n) is 18.7. The smallest absolute Gasteiger partial charge is 0.416 e. The van der Waals surface area contributed by atoms with Crippen molar-refractivity contribution in [2.45, 2.75) is 26.1 Å². The van der Waals surface area contributed by atoms with Gasteiger partial charge in [-0.1, -0.05) is 11.6 Å². The van der Waals surface area contributed by atoms with E-state index >= 15 is 0 Å². The molecule has 35 heavy (non-hydrogen) atoms. The molecule has 0 saturated carbocycles. The van der Waals surface area contributed by atoms with Crippen LogP contribution in [0.3, 0.4) is 0 Å². The number of hydrogen-bond acceptors (Lipinski definition) is 7. The number of carbonyl (C=O) groups excluding carboxylic acids is 2. The second kappa shape index (κ2) is 11.1. The van der Waals surface area contributed by atoms with E-state index in [9.17, 15) is 22.8 Å². The molecule has 1 N–H and O–H groups in total. The average molecular weight is 512 g/mol. The van der Waals surface area contributed by atoms with Crippen molar-refractivity contribution in [1.82, 2.24) is 34.9 Å². The van der Waals surface area contributed by atoms with Crippen molar-refractivity contribution in [3.05, 3.63) is 65.0 Å². The number of alkyl carbamates (subject to hydrolysis) is 1. The lowest BCUT2D eigenvalue weighted by molar-refractivity contribution is -0.137. The normalized spacial score (nSPS) is 12.2. The second-order valence-electron chi connectivity index (χ2n) is 7.13. The van der Waals surface area contributed by atoms with E-state index in [0.717, 1.165) is 18.2 Å².